The standard InChI is InChI=1S/C31H37FN6O3/c1-3-23-25(32)9-6-18-13-22(39)14-26(27(18)23)38-12-10-24-28(30(38)40)34-31(41-17-21-5-4-11-36(21)2)35-29(24)37-15-19-7-8-20(16-37)33-19/h6,9,13-14,19-21,33,39H,3-5,7-8,10-12,15-17H2,1-2H3/t19-,20+,21-/m0/s1. The number of rotatable bonds is 6. The van der Waals surface area contributed by atoms with Gasteiger partial charge in [-0.1, -0.05) is 13.0 Å². The van der Waals surface area contributed by atoms with Crippen LogP contribution >= 0.6 is 0 Å². The van der Waals surface area contributed by atoms with Crippen LogP contribution in [0.15, 0.2) is 24.3 Å². The van der Waals surface area contributed by atoms with Crippen LogP contribution < -0.4 is 19.9 Å². The molecular formula is C31H37FN6O3. The van der Waals surface area contributed by atoms with E-state index < -0.39 is 0 Å². The average molecular weight is 561 g/mol. The second kappa shape index (κ2) is 10.4. The van der Waals surface area contributed by atoms with E-state index in [1.165, 1.54) is 6.07 Å². The number of amides is 1. The van der Waals surface area contributed by atoms with E-state index in [0.717, 1.165) is 56.7 Å². The summed E-state index contributed by atoms with van der Waals surface area (Å²) in [5, 5.41) is 15.6. The minimum atomic E-state index is -0.317. The van der Waals surface area contributed by atoms with Gasteiger partial charge in [0.05, 0.1) is 5.69 Å². The van der Waals surface area contributed by atoms with Crippen molar-refractivity contribution in [2.24, 2.45) is 0 Å². The summed E-state index contributed by atoms with van der Waals surface area (Å²) in [6.45, 7) is 5.45. The number of aromatic hydroxyl groups is 1. The number of aromatic nitrogens is 2. The van der Waals surface area contributed by atoms with Crippen LogP contribution in [-0.4, -0.2) is 83.8 Å². The molecule has 10 heteroatoms. The van der Waals surface area contributed by atoms with Crippen molar-refractivity contribution < 1.29 is 19.0 Å². The number of halogens is 1. The summed E-state index contributed by atoms with van der Waals surface area (Å²) >= 11 is 0. The Balaban J connectivity index is 1.30. The van der Waals surface area contributed by atoms with Crippen LogP contribution in [-0.2, 0) is 12.8 Å². The van der Waals surface area contributed by atoms with Crippen LogP contribution in [0.5, 0.6) is 11.8 Å². The first-order chi connectivity index (χ1) is 19.9. The number of fused-ring (bicyclic) bond motifs is 4. The summed E-state index contributed by atoms with van der Waals surface area (Å²) in [5.74, 6) is 0.220. The Kier molecular flexibility index (Phi) is 6.70. The second-order valence-electron chi connectivity index (χ2n) is 11.9. The number of aryl methyl sites for hydroxylation is 1. The smallest absolute Gasteiger partial charge is 0.319 e. The maximum Gasteiger partial charge on any atom is 0.319 e. The van der Waals surface area contributed by atoms with Crippen molar-refractivity contribution in [2.45, 2.75) is 63.6 Å². The zero-order valence-electron chi connectivity index (χ0n) is 23.7. The molecule has 3 saturated heterocycles. The minimum Gasteiger partial charge on any atom is -0.508 e. The fraction of sp³-hybridized carbons (Fsp3) is 0.516. The SMILES string of the molecule is CCc1c(F)ccc2cc(O)cc(N3CCc4c(nc(OC[C@@H]5CCCN5C)nc4N4C[C@H]5CC[C@@H](C4)N5)C3=O)c12. The summed E-state index contributed by atoms with van der Waals surface area (Å²) < 4.78 is 21.1. The van der Waals surface area contributed by atoms with Gasteiger partial charge in [0.25, 0.3) is 5.91 Å². The number of carbonyl (C=O) groups is 1. The number of likely N-dealkylation sites (N-methyl/N-ethyl adjacent to an activating group) is 1. The molecule has 0 spiro atoms. The van der Waals surface area contributed by atoms with Gasteiger partial charge in [0.1, 0.15) is 29.7 Å². The number of nitrogens with zero attached hydrogens (tertiary/aromatic N) is 5. The molecule has 1 amide bonds. The van der Waals surface area contributed by atoms with E-state index in [2.05, 4.69) is 22.2 Å². The molecular weight excluding hydrogens is 523 g/mol. The third-order valence-corrected chi connectivity index (χ3v) is 9.37. The van der Waals surface area contributed by atoms with Crippen molar-refractivity contribution >= 4 is 28.2 Å². The van der Waals surface area contributed by atoms with Gasteiger partial charge >= 0.3 is 6.01 Å². The van der Waals surface area contributed by atoms with E-state index in [-0.39, 0.29) is 23.5 Å². The molecule has 3 atom stereocenters. The number of anilines is 2. The molecule has 7 rings (SSSR count). The lowest BCUT2D eigenvalue weighted by molar-refractivity contribution is 0.0973. The zero-order chi connectivity index (χ0) is 28.2. The largest absolute Gasteiger partial charge is 0.508 e. The Hall–Kier alpha value is -3.50. The van der Waals surface area contributed by atoms with Gasteiger partial charge in [0, 0.05) is 54.8 Å². The Labute approximate surface area is 239 Å². The minimum absolute atomic E-state index is 0.0316. The highest BCUT2D eigenvalue weighted by atomic mass is 19.1. The number of ether oxygens (including phenoxy) is 1. The highest BCUT2D eigenvalue weighted by Gasteiger charge is 2.38. The summed E-state index contributed by atoms with van der Waals surface area (Å²) in [6.07, 6.45) is 5.48. The normalized spacial score (nSPS) is 24.4. The fourth-order valence-corrected chi connectivity index (χ4v) is 7.23. The molecule has 0 aliphatic carbocycles. The fourth-order valence-electron chi connectivity index (χ4n) is 7.23. The molecule has 4 aliphatic heterocycles. The van der Waals surface area contributed by atoms with Crippen LogP contribution in [0.2, 0.25) is 0 Å². The molecule has 1 aromatic heterocycles. The molecule has 41 heavy (non-hydrogen) atoms. The molecule has 0 unspecified atom stereocenters. The quantitative estimate of drug-likeness (QED) is 0.472. The second-order valence-corrected chi connectivity index (χ2v) is 11.9. The van der Waals surface area contributed by atoms with Crippen molar-refractivity contribution in [2.75, 3.05) is 49.6 Å². The van der Waals surface area contributed by atoms with E-state index in [1.54, 1.807) is 23.1 Å². The zero-order valence-corrected chi connectivity index (χ0v) is 23.7. The first-order valence-electron chi connectivity index (χ1n) is 14.9. The molecule has 9 nitrogen and oxygen atoms in total. The molecule has 3 fully saturated rings. The Morgan fingerprint density at radius 1 is 1.12 bits per heavy atom. The molecule has 216 valence electrons. The topological polar surface area (TPSA) is 94.1 Å². The van der Waals surface area contributed by atoms with Gasteiger partial charge in [-0.15, -0.1) is 0 Å². The van der Waals surface area contributed by atoms with Crippen LogP contribution in [0.1, 0.15) is 54.2 Å². The summed E-state index contributed by atoms with van der Waals surface area (Å²) in [5.41, 5.74) is 2.19. The van der Waals surface area contributed by atoms with Gasteiger partial charge in [-0.2, -0.15) is 9.97 Å². The lowest BCUT2D eigenvalue weighted by Gasteiger charge is -2.37. The van der Waals surface area contributed by atoms with Crippen LogP contribution in [0.25, 0.3) is 10.8 Å². The van der Waals surface area contributed by atoms with Gasteiger partial charge < -0.3 is 29.9 Å². The van der Waals surface area contributed by atoms with E-state index in [4.69, 9.17) is 14.7 Å². The number of nitrogens with one attached hydrogen (secondary N) is 1. The molecule has 2 aromatic carbocycles. The molecule has 3 aromatic rings. The monoisotopic (exact) mass is 560 g/mol. The van der Waals surface area contributed by atoms with Crippen LogP contribution in [0.3, 0.4) is 0 Å². The highest BCUT2D eigenvalue weighted by Crippen LogP contribution is 2.39. The van der Waals surface area contributed by atoms with E-state index in [0.29, 0.717) is 71.8 Å². The Bertz CT molecular complexity index is 1500. The van der Waals surface area contributed by atoms with Crippen LogP contribution in [0, 0.1) is 5.82 Å². The van der Waals surface area contributed by atoms with E-state index in [9.17, 15) is 14.3 Å². The van der Waals surface area contributed by atoms with E-state index >= 15 is 0 Å². The molecule has 4 aliphatic rings. The third-order valence-electron chi connectivity index (χ3n) is 9.37. The Morgan fingerprint density at radius 3 is 2.66 bits per heavy atom. The maximum atomic E-state index is 14.9. The number of benzene rings is 2. The third kappa shape index (κ3) is 4.67. The molecule has 0 radical (unpaired) electrons. The van der Waals surface area contributed by atoms with Crippen molar-refractivity contribution in [1.82, 2.24) is 20.2 Å². The predicted molar refractivity (Wildman–Crippen MR) is 156 cm³/mol. The van der Waals surface area contributed by atoms with E-state index in [1.807, 2.05) is 6.92 Å². The van der Waals surface area contributed by atoms with Crippen molar-refractivity contribution in [3.63, 3.8) is 0 Å². The molecule has 2 bridgehead atoms. The van der Waals surface area contributed by atoms with Crippen molar-refractivity contribution in [3.8, 4) is 11.8 Å². The average Bonchev–Trinajstić information content (AvgIpc) is 3.54. The van der Waals surface area contributed by atoms with Crippen molar-refractivity contribution in [3.05, 3.63) is 46.9 Å². The molecule has 2 N–H and O–H groups in total. The van der Waals surface area contributed by atoms with Gasteiger partial charge in [0.2, 0.25) is 0 Å². The van der Waals surface area contributed by atoms with Crippen molar-refractivity contribution in [1.29, 1.82) is 0 Å². The predicted octanol–water partition coefficient (Wildman–Crippen LogP) is 3.65. The molecule has 5 heterocycles. The number of phenolic OH excluding ortho intramolecular Hbond substituents is 1. The maximum absolute atomic E-state index is 14.9. The summed E-state index contributed by atoms with van der Waals surface area (Å²) in [4.78, 5) is 30.1. The lowest BCUT2D eigenvalue weighted by Crippen LogP contribution is -2.52. The summed E-state index contributed by atoms with van der Waals surface area (Å²) in [7, 11) is 2.10. The number of hydrogen-bond donors (Lipinski definition) is 2. The van der Waals surface area contributed by atoms with Crippen LogP contribution in [0.4, 0.5) is 15.9 Å². The number of hydrogen-bond acceptors (Lipinski definition) is 8. The number of phenols is 1. The molecule has 0 saturated carbocycles. The van der Waals surface area contributed by atoms with Gasteiger partial charge in [-0.3, -0.25) is 4.79 Å². The highest BCUT2D eigenvalue weighted by molar-refractivity contribution is 6.13. The number of piperazine rings is 1. The Morgan fingerprint density at radius 2 is 1.93 bits per heavy atom. The lowest BCUT2D eigenvalue weighted by atomic mass is 9.97. The van der Waals surface area contributed by atoms with Gasteiger partial charge in [-0.05, 0) is 75.2 Å². The number of likely N-dealkylation sites (tertiary alicyclic amines) is 1. The van der Waals surface area contributed by atoms with Gasteiger partial charge in [-0.25, -0.2) is 4.39 Å². The van der Waals surface area contributed by atoms with Gasteiger partial charge in [0.15, 0.2) is 0 Å². The number of carbonyl (C=O) groups excluding carboxylic acids is 1. The summed E-state index contributed by atoms with van der Waals surface area (Å²) in [6, 6.07) is 7.59. The first-order valence-corrected chi connectivity index (χ1v) is 14.9. The first kappa shape index (κ1) is 26.4.